The highest BCUT2D eigenvalue weighted by Crippen LogP contribution is 2.26. The maximum atomic E-state index is 14.7. The van der Waals surface area contributed by atoms with Crippen molar-refractivity contribution in [3.05, 3.63) is 58.5 Å². The van der Waals surface area contributed by atoms with Crippen molar-refractivity contribution in [2.45, 2.75) is 45.9 Å². The summed E-state index contributed by atoms with van der Waals surface area (Å²) in [4.78, 5) is 19.8. The SMILES string of the molecule is Cc1oc(-c2cccs2)nc1CC(=O)NCc1ccc(N2CC(C)OC(C)C2)c(F)c1. The van der Waals surface area contributed by atoms with E-state index < -0.39 is 0 Å². The number of ether oxygens (including phenoxy) is 1. The van der Waals surface area contributed by atoms with Gasteiger partial charge in [0, 0.05) is 19.6 Å². The van der Waals surface area contributed by atoms with E-state index in [-0.39, 0.29) is 36.9 Å². The molecule has 0 saturated carbocycles. The zero-order valence-electron chi connectivity index (χ0n) is 17.9. The molecule has 2 unspecified atom stereocenters. The third-order valence-electron chi connectivity index (χ3n) is 5.21. The second-order valence-corrected chi connectivity index (χ2v) is 8.85. The molecule has 1 amide bonds. The first-order valence-electron chi connectivity index (χ1n) is 10.3. The first-order chi connectivity index (χ1) is 14.9. The number of halogens is 1. The van der Waals surface area contributed by atoms with E-state index in [4.69, 9.17) is 9.15 Å². The predicted octanol–water partition coefficient (Wildman–Crippen LogP) is 4.32. The lowest BCUT2D eigenvalue weighted by atomic mass is 10.1. The molecule has 4 rings (SSSR count). The summed E-state index contributed by atoms with van der Waals surface area (Å²) in [5.74, 6) is 0.679. The summed E-state index contributed by atoms with van der Waals surface area (Å²) in [6.45, 7) is 7.34. The van der Waals surface area contributed by atoms with Gasteiger partial charge in [-0.05, 0) is 49.9 Å². The molecule has 0 radical (unpaired) electrons. The minimum atomic E-state index is -0.291. The number of morpholine rings is 1. The van der Waals surface area contributed by atoms with E-state index in [2.05, 4.69) is 10.3 Å². The summed E-state index contributed by atoms with van der Waals surface area (Å²) in [6.07, 6.45) is 0.232. The third-order valence-corrected chi connectivity index (χ3v) is 6.07. The van der Waals surface area contributed by atoms with Crippen LogP contribution >= 0.6 is 11.3 Å². The van der Waals surface area contributed by atoms with E-state index in [0.29, 0.717) is 41.7 Å². The minimum Gasteiger partial charge on any atom is -0.440 e. The van der Waals surface area contributed by atoms with Crippen molar-refractivity contribution in [3.63, 3.8) is 0 Å². The van der Waals surface area contributed by atoms with Crippen molar-refractivity contribution in [2.75, 3.05) is 18.0 Å². The van der Waals surface area contributed by atoms with E-state index in [1.165, 1.54) is 17.4 Å². The third kappa shape index (κ3) is 5.14. The van der Waals surface area contributed by atoms with Crippen LogP contribution in [-0.2, 0) is 22.5 Å². The lowest BCUT2D eigenvalue weighted by Crippen LogP contribution is -2.45. The average Bonchev–Trinajstić information content (AvgIpc) is 3.36. The highest BCUT2D eigenvalue weighted by Gasteiger charge is 2.24. The Morgan fingerprint density at radius 2 is 2.06 bits per heavy atom. The Hall–Kier alpha value is -2.71. The first-order valence-corrected chi connectivity index (χ1v) is 11.2. The smallest absolute Gasteiger partial charge is 0.236 e. The monoisotopic (exact) mass is 443 g/mol. The molecule has 1 saturated heterocycles. The highest BCUT2D eigenvalue weighted by atomic mass is 32.1. The molecule has 1 N–H and O–H groups in total. The highest BCUT2D eigenvalue weighted by molar-refractivity contribution is 7.13. The van der Waals surface area contributed by atoms with Crippen LogP contribution in [0.4, 0.5) is 10.1 Å². The molecule has 1 aliphatic rings. The fourth-order valence-electron chi connectivity index (χ4n) is 3.80. The normalized spacial score (nSPS) is 18.9. The lowest BCUT2D eigenvalue weighted by molar-refractivity contribution is -0.120. The molecule has 0 bridgehead atoms. The van der Waals surface area contributed by atoms with E-state index >= 15 is 0 Å². The molecule has 2 atom stereocenters. The number of carbonyl (C=O) groups excluding carboxylic acids is 1. The number of benzene rings is 1. The molecule has 1 fully saturated rings. The van der Waals surface area contributed by atoms with Crippen LogP contribution in [0.2, 0.25) is 0 Å². The van der Waals surface area contributed by atoms with Crippen molar-refractivity contribution in [2.24, 2.45) is 0 Å². The van der Waals surface area contributed by atoms with Crippen molar-refractivity contribution >= 4 is 22.9 Å². The van der Waals surface area contributed by atoms with Crippen LogP contribution < -0.4 is 10.2 Å². The number of oxazole rings is 1. The van der Waals surface area contributed by atoms with Crippen LogP contribution in [-0.4, -0.2) is 36.2 Å². The van der Waals surface area contributed by atoms with Gasteiger partial charge in [-0.2, -0.15) is 0 Å². The number of nitrogens with one attached hydrogen (secondary N) is 1. The van der Waals surface area contributed by atoms with Gasteiger partial charge in [0.1, 0.15) is 11.6 Å². The summed E-state index contributed by atoms with van der Waals surface area (Å²) in [5.41, 5.74) is 1.88. The number of hydrogen-bond acceptors (Lipinski definition) is 6. The standard InChI is InChI=1S/C23H26FN3O3S/c1-14-12-27(13-15(2)29-14)20-7-6-17(9-18(20)24)11-25-22(28)10-19-16(3)30-23(26-19)21-5-4-8-31-21/h4-9,14-15H,10-13H2,1-3H3,(H,25,28). The fraction of sp³-hybridized carbons (Fsp3) is 0.391. The summed E-state index contributed by atoms with van der Waals surface area (Å²) < 4.78 is 26.1. The van der Waals surface area contributed by atoms with Crippen molar-refractivity contribution in [1.29, 1.82) is 0 Å². The van der Waals surface area contributed by atoms with Crippen molar-refractivity contribution < 1.29 is 18.3 Å². The van der Waals surface area contributed by atoms with Gasteiger partial charge in [0.05, 0.1) is 34.9 Å². The van der Waals surface area contributed by atoms with Gasteiger partial charge in [-0.1, -0.05) is 12.1 Å². The number of thiophene rings is 1. The molecule has 1 aliphatic heterocycles. The molecule has 8 heteroatoms. The fourth-order valence-corrected chi connectivity index (χ4v) is 4.45. The largest absolute Gasteiger partial charge is 0.440 e. The van der Waals surface area contributed by atoms with E-state index in [1.54, 1.807) is 13.0 Å². The summed E-state index contributed by atoms with van der Waals surface area (Å²) in [7, 11) is 0. The Morgan fingerprint density at radius 1 is 1.29 bits per heavy atom. The lowest BCUT2D eigenvalue weighted by Gasteiger charge is -2.37. The number of nitrogens with zero attached hydrogens (tertiary/aromatic N) is 2. The number of anilines is 1. The Balaban J connectivity index is 1.35. The zero-order valence-corrected chi connectivity index (χ0v) is 18.7. The summed E-state index contributed by atoms with van der Waals surface area (Å²) in [6, 6.07) is 8.96. The quantitative estimate of drug-likeness (QED) is 0.615. The molecule has 2 aromatic heterocycles. The average molecular weight is 444 g/mol. The Bertz CT molecular complexity index is 1040. The van der Waals surface area contributed by atoms with Gasteiger partial charge in [0.25, 0.3) is 0 Å². The van der Waals surface area contributed by atoms with E-state index in [1.807, 2.05) is 42.3 Å². The first kappa shape index (κ1) is 21.5. The van der Waals surface area contributed by atoms with Crippen LogP contribution in [0.3, 0.4) is 0 Å². The number of hydrogen-bond donors (Lipinski definition) is 1. The van der Waals surface area contributed by atoms with Gasteiger partial charge in [-0.3, -0.25) is 4.79 Å². The molecule has 164 valence electrons. The molecule has 6 nitrogen and oxygen atoms in total. The van der Waals surface area contributed by atoms with E-state index in [9.17, 15) is 9.18 Å². The Kier molecular flexibility index (Phi) is 6.38. The maximum Gasteiger partial charge on any atom is 0.236 e. The summed E-state index contributed by atoms with van der Waals surface area (Å²) >= 11 is 1.53. The van der Waals surface area contributed by atoms with Crippen LogP contribution in [0.1, 0.15) is 30.9 Å². The second kappa shape index (κ2) is 9.20. The maximum absolute atomic E-state index is 14.7. The number of amides is 1. The molecule has 3 aromatic rings. The number of aromatic nitrogens is 1. The van der Waals surface area contributed by atoms with Gasteiger partial charge >= 0.3 is 0 Å². The van der Waals surface area contributed by atoms with Crippen LogP contribution in [0.5, 0.6) is 0 Å². The molecular weight excluding hydrogens is 417 g/mol. The van der Waals surface area contributed by atoms with Gasteiger partial charge < -0.3 is 19.4 Å². The molecular formula is C23H26FN3O3S. The Morgan fingerprint density at radius 3 is 2.74 bits per heavy atom. The van der Waals surface area contributed by atoms with Gasteiger partial charge in [-0.25, -0.2) is 9.37 Å². The summed E-state index contributed by atoms with van der Waals surface area (Å²) in [5, 5.41) is 4.79. The molecule has 0 spiro atoms. The van der Waals surface area contributed by atoms with Crippen molar-refractivity contribution in [1.82, 2.24) is 10.3 Å². The zero-order chi connectivity index (χ0) is 22.0. The molecule has 1 aromatic carbocycles. The van der Waals surface area contributed by atoms with Gasteiger partial charge in [-0.15, -0.1) is 11.3 Å². The second-order valence-electron chi connectivity index (χ2n) is 7.90. The predicted molar refractivity (Wildman–Crippen MR) is 119 cm³/mol. The minimum absolute atomic E-state index is 0.0578. The van der Waals surface area contributed by atoms with Gasteiger partial charge in [0.15, 0.2) is 0 Å². The molecule has 3 heterocycles. The van der Waals surface area contributed by atoms with E-state index in [0.717, 1.165) is 4.88 Å². The number of carbonyl (C=O) groups is 1. The van der Waals surface area contributed by atoms with Crippen LogP contribution in [0.15, 0.2) is 40.1 Å². The topological polar surface area (TPSA) is 67.6 Å². The molecule has 31 heavy (non-hydrogen) atoms. The van der Waals surface area contributed by atoms with Crippen molar-refractivity contribution in [3.8, 4) is 10.8 Å². The Labute approximate surface area is 185 Å². The van der Waals surface area contributed by atoms with Crippen LogP contribution in [0, 0.1) is 12.7 Å². The van der Waals surface area contributed by atoms with Crippen LogP contribution in [0.25, 0.3) is 10.8 Å². The molecule has 0 aliphatic carbocycles. The number of aryl methyl sites for hydroxylation is 1. The van der Waals surface area contributed by atoms with Gasteiger partial charge in [0.2, 0.25) is 11.8 Å². The number of rotatable bonds is 6.